The number of hydrogen-bond donors (Lipinski definition) is 0. The Balaban J connectivity index is 1.21. The van der Waals surface area contributed by atoms with Gasteiger partial charge >= 0.3 is 0 Å². The number of fused-ring (bicyclic) bond motifs is 10. The van der Waals surface area contributed by atoms with Crippen molar-refractivity contribution < 1.29 is 0 Å². The second-order valence-corrected chi connectivity index (χ2v) is 16.7. The maximum absolute atomic E-state index is 5.57. The van der Waals surface area contributed by atoms with Crippen LogP contribution in [0.4, 0.5) is 0 Å². The van der Waals surface area contributed by atoms with Crippen molar-refractivity contribution in [3.05, 3.63) is 205 Å². The molecule has 0 saturated heterocycles. The fourth-order valence-corrected chi connectivity index (χ4v) is 10.0. The van der Waals surface area contributed by atoms with Gasteiger partial charge in [0, 0.05) is 58.7 Å². The number of benzene rings is 8. The van der Waals surface area contributed by atoms with Gasteiger partial charge in [-0.25, -0.2) is 9.98 Å². The zero-order valence-corrected chi connectivity index (χ0v) is 34.4. The van der Waals surface area contributed by atoms with Crippen molar-refractivity contribution in [3.8, 4) is 16.8 Å². The van der Waals surface area contributed by atoms with Gasteiger partial charge < -0.3 is 4.57 Å². The molecule has 0 aliphatic carbocycles. The van der Waals surface area contributed by atoms with Gasteiger partial charge in [0.05, 0.1) is 27.8 Å². The molecule has 0 fully saturated rings. The van der Waals surface area contributed by atoms with E-state index in [1.165, 1.54) is 42.1 Å². The fraction of sp³-hybridized carbons (Fsp3) is 0.0545. The van der Waals surface area contributed by atoms with Crippen molar-refractivity contribution in [1.29, 1.82) is 0 Å². The van der Waals surface area contributed by atoms with Crippen LogP contribution >= 0.6 is 11.3 Å². The van der Waals surface area contributed by atoms with Gasteiger partial charge in [-0.1, -0.05) is 146 Å². The van der Waals surface area contributed by atoms with Crippen molar-refractivity contribution in [1.82, 2.24) is 9.13 Å². The summed E-state index contributed by atoms with van der Waals surface area (Å²) in [5.41, 5.74) is 12.9. The number of thiophene rings is 1. The molecule has 5 heteroatoms. The van der Waals surface area contributed by atoms with Crippen molar-refractivity contribution in [3.63, 3.8) is 0 Å². The zero-order valence-electron chi connectivity index (χ0n) is 33.6. The minimum absolute atomic E-state index is 0.614. The predicted molar refractivity (Wildman–Crippen MR) is 258 cm³/mol. The molecule has 0 amide bonds. The number of aliphatic imine (C=N–C) groups is 2. The Bertz CT molecular complexity index is 3560. The first-order valence-corrected chi connectivity index (χ1v) is 21.2. The summed E-state index contributed by atoms with van der Waals surface area (Å²) in [6.45, 7) is 6.37. The standard InChI is InChI=1S/C55H40N4S/c1-35(2)53(38-19-8-5-9-20-38)57-55(56-36(3)39-29-30-44-43-24-12-15-28-50(43)60-51(44)34-39)59-48-27-14-11-25-46(48)52-49(59)32-31-45-42-23-10-13-26-47(42)58(54(45)52)41-22-16-21-40(33-41)37-17-6-4-7-18-37/h4-34H,1-3H3. The van der Waals surface area contributed by atoms with Crippen LogP contribution in [-0.2, 0) is 0 Å². The smallest absolute Gasteiger partial charge is 0.235 e. The molecule has 3 heterocycles. The minimum atomic E-state index is 0.614. The average molecular weight is 789 g/mol. The van der Waals surface area contributed by atoms with Gasteiger partial charge in [0.2, 0.25) is 5.96 Å². The molecule has 0 spiro atoms. The number of rotatable bonds is 5. The molecule has 0 saturated carbocycles. The quantitative estimate of drug-likeness (QED) is 0.123. The molecule has 0 unspecified atom stereocenters. The number of allylic oxidation sites excluding steroid dienone is 1. The molecule has 0 N–H and O–H groups in total. The third-order valence-electron chi connectivity index (χ3n) is 11.7. The Kier molecular flexibility index (Phi) is 8.64. The molecule has 11 rings (SSSR count). The molecular weight excluding hydrogens is 749 g/mol. The number of nitrogens with zero attached hydrogens (tertiary/aromatic N) is 4. The molecule has 0 atom stereocenters. The second-order valence-electron chi connectivity index (χ2n) is 15.6. The lowest BCUT2D eigenvalue weighted by Gasteiger charge is -2.13. The van der Waals surface area contributed by atoms with Crippen molar-refractivity contribution in [2.45, 2.75) is 20.8 Å². The summed E-state index contributed by atoms with van der Waals surface area (Å²) in [4.78, 5) is 11.1. The van der Waals surface area contributed by atoms with Gasteiger partial charge in [-0.2, -0.15) is 0 Å². The summed E-state index contributed by atoms with van der Waals surface area (Å²) in [5.74, 6) is 0.614. The van der Waals surface area contributed by atoms with Crippen molar-refractivity contribution in [2.75, 3.05) is 0 Å². The van der Waals surface area contributed by atoms with Crippen molar-refractivity contribution in [2.24, 2.45) is 9.98 Å². The molecular formula is C55H40N4S. The van der Waals surface area contributed by atoms with Gasteiger partial charge in [0.1, 0.15) is 0 Å². The highest BCUT2D eigenvalue weighted by atomic mass is 32.1. The first kappa shape index (κ1) is 35.8. The molecule has 8 aromatic carbocycles. The first-order valence-electron chi connectivity index (χ1n) is 20.4. The third kappa shape index (κ3) is 5.89. The van der Waals surface area contributed by atoms with Crippen LogP contribution in [0.2, 0.25) is 0 Å². The van der Waals surface area contributed by atoms with E-state index in [-0.39, 0.29) is 0 Å². The Morgan fingerprint density at radius 1 is 0.450 bits per heavy atom. The highest BCUT2D eigenvalue weighted by Crippen LogP contribution is 2.42. The highest BCUT2D eigenvalue weighted by Gasteiger charge is 2.23. The highest BCUT2D eigenvalue weighted by molar-refractivity contribution is 7.25. The molecule has 4 nitrogen and oxygen atoms in total. The summed E-state index contributed by atoms with van der Waals surface area (Å²) >= 11 is 1.83. The second kappa shape index (κ2) is 14.5. The summed E-state index contributed by atoms with van der Waals surface area (Å²) in [5, 5.41) is 7.29. The topological polar surface area (TPSA) is 34.6 Å². The summed E-state index contributed by atoms with van der Waals surface area (Å²) in [6, 6.07) is 67.4. The van der Waals surface area contributed by atoms with Gasteiger partial charge in [0.25, 0.3) is 0 Å². The Labute approximate surface area is 352 Å². The lowest BCUT2D eigenvalue weighted by atomic mass is 10.0. The SMILES string of the molecule is CC(=NC(=NC(=C(C)C)c1ccccc1)n1c2ccccc2c2c1ccc1c3ccccc3n(-c3cccc(-c4ccccc4)c3)c12)c1ccc2c(c1)sc1ccccc12. The molecule has 286 valence electrons. The van der Waals surface area contributed by atoms with Gasteiger partial charge in [-0.05, 0) is 85.5 Å². The minimum Gasteiger partial charge on any atom is -0.309 e. The lowest BCUT2D eigenvalue weighted by molar-refractivity contribution is 1.18. The average Bonchev–Trinajstić information content (AvgIpc) is 3.95. The van der Waals surface area contributed by atoms with Gasteiger partial charge in [-0.15, -0.1) is 11.3 Å². The Morgan fingerprint density at radius 2 is 1.10 bits per heavy atom. The van der Waals surface area contributed by atoms with Crippen LogP contribution in [0.15, 0.2) is 204 Å². The van der Waals surface area contributed by atoms with Crippen LogP contribution in [0.3, 0.4) is 0 Å². The molecule has 3 aromatic heterocycles. The van der Waals surface area contributed by atoms with Crippen LogP contribution in [0.5, 0.6) is 0 Å². The molecule has 0 radical (unpaired) electrons. The van der Waals surface area contributed by atoms with E-state index in [0.717, 1.165) is 66.6 Å². The van der Waals surface area contributed by atoms with Crippen LogP contribution in [0, 0.1) is 0 Å². The first-order chi connectivity index (χ1) is 29.5. The van der Waals surface area contributed by atoms with E-state index in [4.69, 9.17) is 9.98 Å². The molecule has 11 aromatic rings. The van der Waals surface area contributed by atoms with E-state index in [0.29, 0.717) is 5.96 Å². The molecule has 0 aliphatic rings. The number of para-hydroxylation sites is 2. The van der Waals surface area contributed by atoms with Gasteiger partial charge in [0.15, 0.2) is 0 Å². The summed E-state index contributed by atoms with van der Waals surface area (Å²) in [6.07, 6.45) is 0. The summed E-state index contributed by atoms with van der Waals surface area (Å²) in [7, 11) is 0. The fourth-order valence-electron chi connectivity index (χ4n) is 8.90. The predicted octanol–water partition coefficient (Wildman–Crippen LogP) is 15.1. The molecule has 0 aliphatic heterocycles. The van der Waals surface area contributed by atoms with Crippen LogP contribution in [-0.4, -0.2) is 20.8 Å². The maximum atomic E-state index is 5.57. The number of aromatic nitrogens is 2. The van der Waals surface area contributed by atoms with E-state index >= 15 is 0 Å². The van der Waals surface area contributed by atoms with Gasteiger partial charge in [-0.3, -0.25) is 4.57 Å². The van der Waals surface area contributed by atoms with E-state index < -0.39 is 0 Å². The van der Waals surface area contributed by atoms with Crippen LogP contribution in [0.1, 0.15) is 31.9 Å². The zero-order chi connectivity index (χ0) is 40.3. The lowest BCUT2D eigenvalue weighted by Crippen LogP contribution is -2.13. The normalized spacial score (nSPS) is 12.4. The van der Waals surface area contributed by atoms with E-state index in [2.05, 4.69) is 218 Å². The molecule has 60 heavy (non-hydrogen) atoms. The van der Waals surface area contributed by atoms with E-state index in [9.17, 15) is 0 Å². The monoisotopic (exact) mass is 788 g/mol. The number of hydrogen-bond acceptors (Lipinski definition) is 2. The van der Waals surface area contributed by atoms with Crippen LogP contribution in [0.25, 0.3) is 86.3 Å². The van der Waals surface area contributed by atoms with Crippen molar-refractivity contribution >= 4 is 92.5 Å². The third-order valence-corrected chi connectivity index (χ3v) is 12.8. The van der Waals surface area contributed by atoms with E-state index in [1.807, 2.05) is 11.3 Å². The van der Waals surface area contributed by atoms with E-state index in [1.54, 1.807) is 0 Å². The Hall–Kier alpha value is -7.34. The molecule has 0 bridgehead atoms. The van der Waals surface area contributed by atoms with Crippen LogP contribution < -0.4 is 0 Å². The maximum Gasteiger partial charge on any atom is 0.235 e. The largest absolute Gasteiger partial charge is 0.309 e. The summed E-state index contributed by atoms with van der Waals surface area (Å²) < 4.78 is 7.27. The Morgan fingerprint density at radius 3 is 1.90 bits per heavy atom.